The Balaban J connectivity index is 1.95. The quantitative estimate of drug-likeness (QED) is 0.607. The van der Waals surface area contributed by atoms with Crippen LogP contribution in [0.4, 0.5) is 0 Å². The lowest BCUT2D eigenvalue weighted by Crippen LogP contribution is -2.50. The molecule has 1 atom stereocenters. The fourth-order valence-electron chi connectivity index (χ4n) is 1.77. The summed E-state index contributed by atoms with van der Waals surface area (Å²) < 4.78 is 0. The first-order chi connectivity index (χ1) is 7.15. The molecule has 0 aromatic carbocycles. The van der Waals surface area contributed by atoms with Crippen molar-refractivity contribution in [1.82, 2.24) is 10.6 Å². The van der Waals surface area contributed by atoms with Crippen LogP contribution in [0.2, 0.25) is 0 Å². The van der Waals surface area contributed by atoms with Gasteiger partial charge in [-0.2, -0.15) is 0 Å². The number of hydrogen-bond acceptors (Lipinski definition) is 4. The van der Waals surface area contributed by atoms with E-state index in [9.17, 15) is 14.4 Å². The van der Waals surface area contributed by atoms with E-state index in [0.717, 1.165) is 5.70 Å². The lowest BCUT2D eigenvalue weighted by Gasteiger charge is -2.23. The topological polar surface area (TPSA) is 75.3 Å². The van der Waals surface area contributed by atoms with E-state index in [1.807, 2.05) is 0 Å². The Morgan fingerprint density at radius 2 is 2.00 bits per heavy atom. The summed E-state index contributed by atoms with van der Waals surface area (Å²) in [5.74, 6) is -0.439. The number of nitrogens with one attached hydrogen (secondary N) is 2. The predicted octanol–water partition coefficient (Wildman–Crippen LogP) is -0.372. The highest BCUT2D eigenvalue weighted by Crippen LogP contribution is 2.14. The lowest BCUT2D eigenvalue weighted by molar-refractivity contribution is -0.134. The first-order valence-corrected chi connectivity index (χ1v) is 4.99. The molecular formula is C10H12N2O3. The van der Waals surface area contributed by atoms with Gasteiger partial charge in [0.15, 0.2) is 5.78 Å². The Morgan fingerprint density at radius 3 is 2.60 bits per heavy atom. The SMILES string of the molecule is O=C1C=C(NC2CCC(=O)NC2=O)CC1. The van der Waals surface area contributed by atoms with Crippen LogP contribution in [0.3, 0.4) is 0 Å². The van der Waals surface area contributed by atoms with Crippen LogP contribution in [0.5, 0.6) is 0 Å². The molecular weight excluding hydrogens is 196 g/mol. The molecule has 1 fully saturated rings. The second-order valence-electron chi connectivity index (χ2n) is 3.78. The van der Waals surface area contributed by atoms with Crippen LogP contribution in [-0.2, 0) is 14.4 Å². The zero-order valence-corrected chi connectivity index (χ0v) is 8.21. The van der Waals surface area contributed by atoms with Crippen LogP contribution in [-0.4, -0.2) is 23.6 Å². The zero-order valence-electron chi connectivity index (χ0n) is 8.21. The number of allylic oxidation sites excluding steroid dienone is 2. The van der Waals surface area contributed by atoms with Crippen molar-refractivity contribution in [3.63, 3.8) is 0 Å². The number of carbonyl (C=O) groups is 3. The largest absolute Gasteiger partial charge is 0.377 e. The Hall–Kier alpha value is -1.65. The molecule has 0 aromatic rings. The molecule has 0 bridgehead atoms. The molecule has 0 saturated carbocycles. The highest BCUT2D eigenvalue weighted by atomic mass is 16.2. The maximum Gasteiger partial charge on any atom is 0.249 e. The molecule has 1 aliphatic heterocycles. The summed E-state index contributed by atoms with van der Waals surface area (Å²) in [6, 6.07) is -0.375. The van der Waals surface area contributed by atoms with Gasteiger partial charge < -0.3 is 5.32 Å². The van der Waals surface area contributed by atoms with E-state index in [4.69, 9.17) is 0 Å². The van der Waals surface area contributed by atoms with E-state index in [2.05, 4.69) is 10.6 Å². The maximum atomic E-state index is 11.4. The smallest absolute Gasteiger partial charge is 0.249 e. The highest BCUT2D eigenvalue weighted by molar-refractivity contribution is 6.00. The first kappa shape index (κ1) is 9.89. The third-order valence-corrected chi connectivity index (χ3v) is 2.57. The third kappa shape index (κ3) is 2.23. The second kappa shape index (κ2) is 3.84. The zero-order chi connectivity index (χ0) is 10.8. The van der Waals surface area contributed by atoms with E-state index in [1.165, 1.54) is 6.08 Å². The summed E-state index contributed by atoms with van der Waals surface area (Å²) in [4.78, 5) is 33.2. The van der Waals surface area contributed by atoms with Gasteiger partial charge in [-0.3, -0.25) is 19.7 Å². The van der Waals surface area contributed by atoms with Crippen LogP contribution in [0.15, 0.2) is 11.8 Å². The maximum absolute atomic E-state index is 11.4. The predicted molar refractivity (Wildman–Crippen MR) is 51.6 cm³/mol. The number of rotatable bonds is 2. The van der Waals surface area contributed by atoms with Crippen molar-refractivity contribution in [3.05, 3.63) is 11.8 Å². The van der Waals surface area contributed by atoms with Gasteiger partial charge in [0, 0.05) is 24.6 Å². The molecule has 0 spiro atoms. The Morgan fingerprint density at radius 1 is 1.20 bits per heavy atom. The van der Waals surface area contributed by atoms with Gasteiger partial charge >= 0.3 is 0 Å². The molecule has 15 heavy (non-hydrogen) atoms. The Bertz CT molecular complexity index is 360. The van der Waals surface area contributed by atoms with Crippen LogP contribution >= 0.6 is 0 Å². The number of ketones is 1. The summed E-state index contributed by atoms with van der Waals surface area (Å²) in [6.07, 6.45) is 3.55. The van der Waals surface area contributed by atoms with Crippen molar-refractivity contribution < 1.29 is 14.4 Å². The summed E-state index contributed by atoms with van der Waals surface area (Å²) in [6.45, 7) is 0. The monoisotopic (exact) mass is 208 g/mol. The highest BCUT2D eigenvalue weighted by Gasteiger charge is 2.27. The molecule has 5 nitrogen and oxygen atoms in total. The number of imide groups is 1. The molecule has 2 N–H and O–H groups in total. The molecule has 0 radical (unpaired) electrons. The minimum Gasteiger partial charge on any atom is -0.377 e. The van der Waals surface area contributed by atoms with Crippen molar-refractivity contribution in [3.8, 4) is 0 Å². The summed E-state index contributed by atoms with van der Waals surface area (Å²) in [5, 5.41) is 5.26. The third-order valence-electron chi connectivity index (χ3n) is 2.57. The lowest BCUT2D eigenvalue weighted by atomic mass is 10.1. The summed E-state index contributed by atoms with van der Waals surface area (Å²) in [7, 11) is 0. The molecule has 0 aromatic heterocycles. The molecule has 1 saturated heterocycles. The molecule has 2 rings (SSSR count). The molecule has 2 aliphatic rings. The Kier molecular flexibility index (Phi) is 2.53. The molecule has 80 valence electrons. The molecule has 5 heteroatoms. The van der Waals surface area contributed by atoms with Gasteiger partial charge in [-0.1, -0.05) is 0 Å². The van der Waals surface area contributed by atoms with Gasteiger partial charge in [0.25, 0.3) is 0 Å². The number of piperidine rings is 1. The van der Waals surface area contributed by atoms with E-state index in [-0.39, 0.29) is 23.6 Å². The van der Waals surface area contributed by atoms with E-state index >= 15 is 0 Å². The fourth-order valence-corrected chi connectivity index (χ4v) is 1.77. The van der Waals surface area contributed by atoms with Crippen molar-refractivity contribution >= 4 is 17.6 Å². The fraction of sp³-hybridized carbons (Fsp3) is 0.500. The van der Waals surface area contributed by atoms with Gasteiger partial charge in [0.05, 0.1) is 0 Å². The molecule has 1 heterocycles. The van der Waals surface area contributed by atoms with Gasteiger partial charge in [0.2, 0.25) is 11.8 Å². The van der Waals surface area contributed by atoms with Crippen molar-refractivity contribution in [2.24, 2.45) is 0 Å². The second-order valence-corrected chi connectivity index (χ2v) is 3.78. The van der Waals surface area contributed by atoms with Crippen molar-refractivity contribution in [2.75, 3.05) is 0 Å². The van der Waals surface area contributed by atoms with Crippen LogP contribution in [0.1, 0.15) is 25.7 Å². The van der Waals surface area contributed by atoms with E-state index in [1.54, 1.807) is 0 Å². The van der Waals surface area contributed by atoms with Gasteiger partial charge in [-0.15, -0.1) is 0 Å². The summed E-state index contributed by atoms with van der Waals surface area (Å²) >= 11 is 0. The normalized spacial score (nSPS) is 26.3. The van der Waals surface area contributed by atoms with Crippen LogP contribution in [0.25, 0.3) is 0 Å². The number of carbonyl (C=O) groups excluding carboxylic acids is 3. The number of amides is 2. The minimum absolute atomic E-state index is 0.0878. The summed E-state index contributed by atoms with van der Waals surface area (Å²) in [5.41, 5.74) is 0.800. The van der Waals surface area contributed by atoms with E-state index < -0.39 is 0 Å². The van der Waals surface area contributed by atoms with Gasteiger partial charge in [-0.05, 0) is 12.8 Å². The first-order valence-electron chi connectivity index (χ1n) is 4.99. The van der Waals surface area contributed by atoms with Crippen molar-refractivity contribution in [1.29, 1.82) is 0 Å². The molecule has 1 aliphatic carbocycles. The average Bonchev–Trinajstić information content (AvgIpc) is 2.56. The number of hydrogen-bond donors (Lipinski definition) is 2. The molecule has 1 unspecified atom stereocenters. The molecule has 2 amide bonds. The van der Waals surface area contributed by atoms with E-state index in [0.29, 0.717) is 25.7 Å². The van der Waals surface area contributed by atoms with Crippen LogP contribution < -0.4 is 10.6 Å². The van der Waals surface area contributed by atoms with Crippen molar-refractivity contribution in [2.45, 2.75) is 31.7 Å². The Labute approximate surface area is 86.9 Å². The van der Waals surface area contributed by atoms with Gasteiger partial charge in [-0.25, -0.2) is 0 Å². The minimum atomic E-state index is -0.375. The standard InChI is InChI=1S/C10H12N2O3/c13-7-2-1-6(5-7)11-8-3-4-9(14)12-10(8)15/h5,8,11H,1-4H2,(H,12,14,15). The van der Waals surface area contributed by atoms with Crippen LogP contribution in [0, 0.1) is 0 Å². The van der Waals surface area contributed by atoms with Gasteiger partial charge in [0.1, 0.15) is 6.04 Å². The average molecular weight is 208 g/mol.